The number of hydrogen-bond donors (Lipinski definition) is 1. The molecule has 1 aliphatic carbocycles. The fraction of sp³-hybridized carbons (Fsp3) is 1.00. The molecular weight excluding hydrogens is 426 g/mol. The molecule has 0 aromatic carbocycles. The molecule has 1 atom stereocenters. The van der Waals surface area contributed by atoms with Gasteiger partial charge in [-0.05, 0) is 38.5 Å². The Morgan fingerprint density at radius 3 is 1.27 bits per heavy atom. The Labute approximate surface area is 215 Å². The van der Waals surface area contributed by atoms with Crippen LogP contribution in [0.15, 0.2) is 0 Å². The molecule has 2 nitrogen and oxygen atoms in total. The molecule has 1 N–H and O–H groups in total. The van der Waals surface area contributed by atoms with Crippen molar-refractivity contribution in [2.75, 3.05) is 26.7 Å². The Bertz CT molecular complexity index is 385. The molecule has 200 valence electrons. The van der Waals surface area contributed by atoms with Crippen LogP contribution >= 0.6 is 0 Å². The summed E-state index contributed by atoms with van der Waals surface area (Å²) >= 11 is 0. The van der Waals surface area contributed by atoms with Crippen LogP contribution < -0.4 is 12.4 Å². The van der Waals surface area contributed by atoms with Gasteiger partial charge < -0.3 is 22.0 Å². The molecule has 0 saturated heterocycles. The van der Waals surface area contributed by atoms with Gasteiger partial charge in [-0.3, -0.25) is 0 Å². The predicted molar refractivity (Wildman–Crippen MR) is 143 cm³/mol. The molecule has 0 bridgehead atoms. The second-order valence-corrected chi connectivity index (χ2v) is 11.3. The normalized spacial score (nSPS) is 16.5. The van der Waals surface area contributed by atoms with Crippen molar-refractivity contribution in [2.24, 2.45) is 0 Å². The minimum atomic E-state index is 0. The van der Waals surface area contributed by atoms with Crippen LogP contribution in [0, 0.1) is 0 Å². The molecule has 0 aromatic rings. The van der Waals surface area contributed by atoms with Gasteiger partial charge in [0.25, 0.3) is 0 Å². The molecule has 0 spiro atoms. The number of nitrogens with zero attached hydrogens (tertiary/aromatic N) is 1. The summed E-state index contributed by atoms with van der Waals surface area (Å²) in [6.07, 6.45) is 34.5. The molecule has 0 aliphatic heterocycles. The summed E-state index contributed by atoms with van der Waals surface area (Å²) in [5.74, 6) is 0. The van der Waals surface area contributed by atoms with E-state index >= 15 is 0 Å². The van der Waals surface area contributed by atoms with Crippen LogP contribution in [0.4, 0.5) is 0 Å². The molecule has 1 saturated carbocycles. The number of halogens is 1. The lowest BCUT2D eigenvalue weighted by Crippen LogP contribution is -3.00. The standard InChI is InChI=1S/C30H62NO.ClH/c1-3-4-5-6-7-8-9-10-11-12-13-14-15-16-17-18-19-20-24-27-31(2,28-29-32)30-25-22-21-23-26-30;/h30,32H,3-29H2,1-2H3;1H/q+1;/p-1. The van der Waals surface area contributed by atoms with Gasteiger partial charge in [-0.25, -0.2) is 0 Å². The average molecular weight is 488 g/mol. The van der Waals surface area contributed by atoms with Crippen molar-refractivity contribution >= 4 is 0 Å². The summed E-state index contributed by atoms with van der Waals surface area (Å²) in [6.45, 7) is 4.90. The third kappa shape index (κ3) is 18.2. The van der Waals surface area contributed by atoms with E-state index in [0.29, 0.717) is 6.61 Å². The van der Waals surface area contributed by atoms with Gasteiger partial charge in [0, 0.05) is 0 Å². The van der Waals surface area contributed by atoms with Crippen LogP contribution in [-0.4, -0.2) is 42.4 Å². The van der Waals surface area contributed by atoms with Crippen LogP contribution in [0.3, 0.4) is 0 Å². The monoisotopic (exact) mass is 487 g/mol. The third-order valence-electron chi connectivity index (χ3n) is 8.34. The number of unbranched alkanes of at least 4 members (excludes halogenated alkanes) is 18. The molecule has 0 radical (unpaired) electrons. The van der Waals surface area contributed by atoms with E-state index in [1.165, 1.54) is 161 Å². The Morgan fingerprint density at radius 2 is 0.909 bits per heavy atom. The maximum atomic E-state index is 9.58. The van der Waals surface area contributed by atoms with Crippen LogP contribution in [0.1, 0.15) is 161 Å². The van der Waals surface area contributed by atoms with E-state index in [0.717, 1.165) is 17.1 Å². The maximum absolute atomic E-state index is 9.58. The highest BCUT2D eigenvalue weighted by molar-refractivity contribution is 4.67. The number of rotatable bonds is 23. The first-order chi connectivity index (χ1) is 15.7. The quantitative estimate of drug-likeness (QED) is 0.134. The van der Waals surface area contributed by atoms with Crippen LogP contribution in [0.2, 0.25) is 0 Å². The van der Waals surface area contributed by atoms with Crippen molar-refractivity contribution in [2.45, 2.75) is 167 Å². The molecule has 1 unspecified atom stereocenters. The van der Waals surface area contributed by atoms with E-state index in [9.17, 15) is 5.11 Å². The zero-order valence-corrected chi connectivity index (χ0v) is 23.7. The second-order valence-electron chi connectivity index (χ2n) is 11.3. The Kier molecular flexibility index (Phi) is 24.1. The lowest BCUT2D eigenvalue weighted by Gasteiger charge is -2.43. The Hall–Kier alpha value is 0.210. The predicted octanol–water partition coefficient (Wildman–Crippen LogP) is 6.19. The summed E-state index contributed by atoms with van der Waals surface area (Å²) in [6, 6.07) is 0.812. The van der Waals surface area contributed by atoms with Crippen molar-refractivity contribution in [3.05, 3.63) is 0 Å². The summed E-state index contributed by atoms with van der Waals surface area (Å²) in [4.78, 5) is 0. The van der Waals surface area contributed by atoms with Gasteiger partial charge in [0.15, 0.2) is 0 Å². The van der Waals surface area contributed by atoms with Crippen LogP contribution in [-0.2, 0) is 0 Å². The highest BCUT2D eigenvalue weighted by atomic mass is 35.5. The molecule has 33 heavy (non-hydrogen) atoms. The minimum absolute atomic E-state index is 0. The first kappa shape index (κ1) is 33.2. The van der Waals surface area contributed by atoms with Crippen molar-refractivity contribution in [1.29, 1.82) is 0 Å². The van der Waals surface area contributed by atoms with Crippen LogP contribution in [0.25, 0.3) is 0 Å². The summed E-state index contributed by atoms with van der Waals surface area (Å²) in [5, 5.41) is 9.58. The summed E-state index contributed by atoms with van der Waals surface area (Å²) < 4.78 is 1.13. The molecular formula is C30H62ClNO. The fourth-order valence-electron chi connectivity index (χ4n) is 5.96. The number of quaternary nitrogens is 1. The van der Waals surface area contributed by atoms with Gasteiger partial charge in [-0.15, -0.1) is 0 Å². The van der Waals surface area contributed by atoms with Crippen LogP contribution in [0.5, 0.6) is 0 Å². The highest BCUT2D eigenvalue weighted by Crippen LogP contribution is 2.27. The number of likely N-dealkylation sites (N-methyl/N-ethyl adjacent to an activating group) is 1. The number of aliphatic hydroxyl groups is 1. The van der Waals surface area contributed by atoms with Gasteiger partial charge in [0.05, 0.1) is 26.2 Å². The zero-order chi connectivity index (χ0) is 23.2. The van der Waals surface area contributed by atoms with E-state index in [1.807, 2.05) is 0 Å². The second kappa shape index (κ2) is 23.9. The lowest BCUT2D eigenvalue weighted by molar-refractivity contribution is -0.935. The molecule has 3 heteroatoms. The lowest BCUT2D eigenvalue weighted by atomic mass is 9.92. The smallest absolute Gasteiger partial charge is 0.102 e. The minimum Gasteiger partial charge on any atom is -1.00 e. The van der Waals surface area contributed by atoms with Gasteiger partial charge >= 0.3 is 0 Å². The Morgan fingerprint density at radius 1 is 0.545 bits per heavy atom. The topological polar surface area (TPSA) is 20.2 Å². The molecule has 0 amide bonds. The summed E-state index contributed by atoms with van der Waals surface area (Å²) in [5.41, 5.74) is 0. The van der Waals surface area contributed by atoms with Crippen molar-refractivity contribution in [3.8, 4) is 0 Å². The van der Waals surface area contributed by atoms with E-state index in [1.54, 1.807) is 0 Å². The average Bonchev–Trinajstić information content (AvgIpc) is 2.81. The van der Waals surface area contributed by atoms with Crippen molar-refractivity contribution in [3.63, 3.8) is 0 Å². The Balaban J connectivity index is 0.0000102. The first-order valence-electron chi connectivity index (χ1n) is 15.2. The van der Waals surface area contributed by atoms with Crippen molar-refractivity contribution < 1.29 is 22.0 Å². The molecule has 1 rings (SSSR count). The van der Waals surface area contributed by atoms with Gasteiger partial charge in [-0.1, -0.05) is 122 Å². The van der Waals surface area contributed by atoms with Crippen molar-refractivity contribution in [1.82, 2.24) is 0 Å². The molecule has 0 heterocycles. The van der Waals surface area contributed by atoms with E-state index in [2.05, 4.69) is 14.0 Å². The van der Waals surface area contributed by atoms with Gasteiger partial charge in [0.2, 0.25) is 0 Å². The molecule has 1 fully saturated rings. The number of aliphatic hydroxyl groups excluding tert-OH is 1. The van der Waals surface area contributed by atoms with E-state index in [4.69, 9.17) is 0 Å². The van der Waals surface area contributed by atoms with Gasteiger partial charge in [-0.2, -0.15) is 0 Å². The number of hydrogen-bond acceptors (Lipinski definition) is 1. The maximum Gasteiger partial charge on any atom is 0.102 e. The highest BCUT2D eigenvalue weighted by Gasteiger charge is 2.32. The van der Waals surface area contributed by atoms with E-state index in [-0.39, 0.29) is 12.4 Å². The SMILES string of the molecule is CCCCCCCCCCCCCCCCCCCCC[N+](C)(CCO)C1CCCCC1.[Cl-]. The van der Waals surface area contributed by atoms with E-state index < -0.39 is 0 Å². The molecule has 0 aromatic heterocycles. The first-order valence-corrected chi connectivity index (χ1v) is 15.2. The summed E-state index contributed by atoms with van der Waals surface area (Å²) in [7, 11) is 2.42. The third-order valence-corrected chi connectivity index (χ3v) is 8.34. The van der Waals surface area contributed by atoms with Gasteiger partial charge in [0.1, 0.15) is 6.54 Å². The zero-order valence-electron chi connectivity index (χ0n) is 22.9. The largest absolute Gasteiger partial charge is 1.00 e. The molecule has 1 aliphatic rings. The fourth-order valence-corrected chi connectivity index (χ4v) is 5.96.